The Balaban J connectivity index is 2.79. The lowest BCUT2D eigenvalue weighted by Gasteiger charge is -2.18. The van der Waals surface area contributed by atoms with Crippen molar-refractivity contribution >= 4 is 17.3 Å². The molecule has 0 saturated heterocycles. The second-order valence-electron chi connectivity index (χ2n) is 4.86. The van der Waals surface area contributed by atoms with Crippen LogP contribution in [0.2, 0.25) is 0 Å². The van der Waals surface area contributed by atoms with Crippen molar-refractivity contribution < 1.29 is 4.79 Å². The molecular formula is C16H23N5O. The van der Waals surface area contributed by atoms with Crippen LogP contribution in [0.25, 0.3) is 0 Å². The number of likely N-dealkylation sites (N-methyl/N-ethyl adjacent to an activating group) is 1. The van der Waals surface area contributed by atoms with Crippen LogP contribution in [0, 0.1) is 5.41 Å². The summed E-state index contributed by atoms with van der Waals surface area (Å²) in [5, 5.41) is 10.9. The Bertz CT molecular complexity index is 562. The zero-order valence-corrected chi connectivity index (χ0v) is 12.8. The molecule has 1 amide bonds. The third-order valence-electron chi connectivity index (χ3n) is 3.10. The zero-order chi connectivity index (χ0) is 16.5. The zero-order valence-electron chi connectivity index (χ0n) is 12.8. The number of amides is 1. The fourth-order valence-corrected chi connectivity index (χ4v) is 1.90. The fourth-order valence-electron chi connectivity index (χ4n) is 1.90. The number of carbonyl (C=O) groups is 1. The molecule has 0 aliphatic heterocycles. The van der Waals surface area contributed by atoms with E-state index in [0.29, 0.717) is 24.5 Å². The molecule has 0 aromatic heterocycles. The van der Waals surface area contributed by atoms with E-state index in [-0.39, 0.29) is 5.91 Å². The average Bonchev–Trinajstić information content (AvgIpc) is 2.52. The van der Waals surface area contributed by atoms with Crippen LogP contribution < -0.4 is 16.8 Å². The van der Waals surface area contributed by atoms with Gasteiger partial charge in [-0.05, 0) is 30.8 Å². The second-order valence-corrected chi connectivity index (χ2v) is 4.86. The molecule has 0 spiro atoms. The summed E-state index contributed by atoms with van der Waals surface area (Å²) >= 11 is 0. The van der Waals surface area contributed by atoms with Crippen molar-refractivity contribution in [1.29, 1.82) is 5.41 Å². The SMILES string of the molecule is C=CC(=O)Nc1ccc(C(=N)/C(=C\N)CN(C)CCN)cc1. The monoisotopic (exact) mass is 301 g/mol. The van der Waals surface area contributed by atoms with Gasteiger partial charge in [-0.15, -0.1) is 0 Å². The molecule has 0 heterocycles. The van der Waals surface area contributed by atoms with Gasteiger partial charge in [-0.3, -0.25) is 10.2 Å². The number of nitrogens with two attached hydrogens (primary N) is 2. The van der Waals surface area contributed by atoms with Gasteiger partial charge in [0.05, 0.1) is 5.71 Å². The molecule has 0 aliphatic carbocycles. The van der Waals surface area contributed by atoms with E-state index >= 15 is 0 Å². The fraction of sp³-hybridized carbons (Fsp3) is 0.250. The number of hydrogen-bond acceptors (Lipinski definition) is 5. The molecule has 118 valence electrons. The van der Waals surface area contributed by atoms with Gasteiger partial charge in [-0.1, -0.05) is 18.7 Å². The summed E-state index contributed by atoms with van der Waals surface area (Å²) < 4.78 is 0. The van der Waals surface area contributed by atoms with Crippen LogP contribution in [0.15, 0.2) is 48.7 Å². The van der Waals surface area contributed by atoms with Crippen LogP contribution in [0.1, 0.15) is 5.56 Å². The Hall–Kier alpha value is -2.44. The first-order valence-electron chi connectivity index (χ1n) is 6.94. The van der Waals surface area contributed by atoms with E-state index in [1.807, 2.05) is 11.9 Å². The van der Waals surface area contributed by atoms with Crippen molar-refractivity contribution in [1.82, 2.24) is 4.90 Å². The summed E-state index contributed by atoms with van der Waals surface area (Å²) in [5.74, 6) is -0.270. The van der Waals surface area contributed by atoms with Crippen molar-refractivity contribution in [3.8, 4) is 0 Å². The summed E-state index contributed by atoms with van der Waals surface area (Å²) in [5.41, 5.74) is 13.6. The van der Waals surface area contributed by atoms with Gasteiger partial charge in [0.1, 0.15) is 0 Å². The molecule has 0 unspecified atom stereocenters. The van der Waals surface area contributed by atoms with E-state index in [9.17, 15) is 4.79 Å². The Morgan fingerprint density at radius 1 is 1.41 bits per heavy atom. The first-order valence-corrected chi connectivity index (χ1v) is 6.94. The Morgan fingerprint density at radius 2 is 2.05 bits per heavy atom. The number of anilines is 1. The van der Waals surface area contributed by atoms with Gasteiger partial charge < -0.3 is 21.7 Å². The standard InChI is InChI=1S/C16H23N5O/c1-3-15(22)20-14-6-4-12(5-7-14)16(19)13(10-18)11-21(2)9-8-17/h3-7,10,19H,1,8-9,11,17-18H2,2H3,(H,20,22)/b13-10-,19-16?. The minimum absolute atomic E-state index is 0.270. The third-order valence-corrected chi connectivity index (χ3v) is 3.10. The summed E-state index contributed by atoms with van der Waals surface area (Å²) in [6, 6.07) is 7.02. The number of benzene rings is 1. The van der Waals surface area contributed by atoms with E-state index in [1.54, 1.807) is 24.3 Å². The molecular weight excluding hydrogens is 278 g/mol. The van der Waals surface area contributed by atoms with Gasteiger partial charge >= 0.3 is 0 Å². The predicted octanol–water partition coefficient (Wildman–Crippen LogP) is 0.912. The smallest absolute Gasteiger partial charge is 0.247 e. The Kier molecular flexibility index (Phi) is 7.01. The highest BCUT2D eigenvalue weighted by atomic mass is 16.1. The maximum Gasteiger partial charge on any atom is 0.247 e. The molecule has 6 nitrogen and oxygen atoms in total. The molecule has 6 heteroatoms. The predicted molar refractivity (Wildman–Crippen MR) is 90.9 cm³/mol. The van der Waals surface area contributed by atoms with Gasteiger partial charge in [0.2, 0.25) is 5.91 Å². The molecule has 0 bridgehead atoms. The van der Waals surface area contributed by atoms with Gasteiger partial charge in [-0.2, -0.15) is 0 Å². The van der Waals surface area contributed by atoms with Crippen molar-refractivity contribution in [3.63, 3.8) is 0 Å². The van der Waals surface area contributed by atoms with Crippen LogP contribution in [-0.4, -0.2) is 43.2 Å². The molecule has 0 atom stereocenters. The highest BCUT2D eigenvalue weighted by Gasteiger charge is 2.10. The molecule has 6 N–H and O–H groups in total. The Morgan fingerprint density at radius 3 is 2.55 bits per heavy atom. The molecule has 1 aromatic carbocycles. The number of rotatable bonds is 8. The molecule has 1 rings (SSSR count). The third kappa shape index (κ3) is 5.16. The maximum atomic E-state index is 11.2. The second kappa shape index (κ2) is 8.76. The van der Waals surface area contributed by atoms with Crippen molar-refractivity contribution in [2.75, 3.05) is 32.0 Å². The highest BCUT2D eigenvalue weighted by molar-refractivity contribution is 6.11. The van der Waals surface area contributed by atoms with Gasteiger partial charge in [0.15, 0.2) is 0 Å². The Labute approximate surface area is 131 Å². The minimum Gasteiger partial charge on any atom is -0.404 e. The van der Waals surface area contributed by atoms with E-state index in [1.165, 1.54) is 12.3 Å². The van der Waals surface area contributed by atoms with Crippen LogP contribution in [-0.2, 0) is 4.79 Å². The average molecular weight is 301 g/mol. The van der Waals surface area contributed by atoms with Gasteiger partial charge in [0, 0.05) is 37.1 Å². The van der Waals surface area contributed by atoms with Crippen molar-refractivity contribution in [2.45, 2.75) is 0 Å². The van der Waals surface area contributed by atoms with Crippen molar-refractivity contribution in [3.05, 3.63) is 54.3 Å². The van der Waals surface area contributed by atoms with E-state index in [0.717, 1.165) is 17.7 Å². The quantitative estimate of drug-likeness (QED) is 0.423. The van der Waals surface area contributed by atoms with Gasteiger partial charge in [0.25, 0.3) is 0 Å². The lowest BCUT2D eigenvalue weighted by atomic mass is 10.0. The highest BCUT2D eigenvalue weighted by Crippen LogP contribution is 2.13. The largest absolute Gasteiger partial charge is 0.404 e. The number of nitrogens with one attached hydrogen (secondary N) is 2. The first kappa shape index (κ1) is 17.6. The molecule has 0 fully saturated rings. The van der Waals surface area contributed by atoms with E-state index < -0.39 is 0 Å². The minimum atomic E-state index is -0.270. The number of nitrogens with zero attached hydrogens (tertiary/aromatic N) is 1. The van der Waals surface area contributed by atoms with Gasteiger partial charge in [-0.25, -0.2) is 0 Å². The van der Waals surface area contributed by atoms with Crippen LogP contribution in [0.3, 0.4) is 0 Å². The summed E-state index contributed by atoms with van der Waals surface area (Å²) in [4.78, 5) is 13.2. The summed E-state index contributed by atoms with van der Waals surface area (Å²) in [7, 11) is 1.93. The summed E-state index contributed by atoms with van der Waals surface area (Å²) in [6.07, 6.45) is 2.65. The van der Waals surface area contributed by atoms with E-state index in [2.05, 4.69) is 11.9 Å². The molecule has 0 aliphatic rings. The molecule has 22 heavy (non-hydrogen) atoms. The summed E-state index contributed by atoms with van der Waals surface area (Å²) in [6.45, 7) is 5.24. The first-order chi connectivity index (χ1) is 10.5. The number of carbonyl (C=O) groups excluding carboxylic acids is 1. The topological polar surface area (TPSA) is 108 Å². The van der Waals surface area contributed by atoms with Crippen LogP contribution in [0.4, 0.5) is 5.69 Å². The molecule has 1 aromatic rings. The van der Waals surface area contributed by atoms with Crippen LogP contribution >= 0.6 is 0 Å². The lowest BCUT2D eigenvalue weighted by molar-refractivity contribution is -0.111. The van der Waals surface area contributed by atoms with Crippen LogP contribution in [0.5, 0.6) is 0 Å². The van der Waals surface area contributed by atoms with E-state index in [4.69, 9.17) is 16.9 Å². The molecule has 0 saturated carbocycles. The number of hydrogen-bond donors (Lipinski definition) is 4. The normalized spacial score (nSPS) is 11.3. The lowest BCUT2D eigenvalue weighted by Crippen LogP contribution is -2.29. The maximum absolute atomic E-state index is 11.2. The van der Waals surface area contributed by atoms with Crippen molar-refractivity contribution in [2.24, 2.45) is 11.5 Å². The molecule has 0 radical (unpaired) electrons.